The summed E-state index contributed by atoms with van der Waals surface area (Å²) in [6.45, 7) is -1.38. The molecule has 1 rings (SSSR count). The number of hydrogen-bond acceptors (Lipinski definition) is 4. The number of nitrogens with one attached hydrogen (secondary N) is 2. The lowest BCUT2D eigenvalue weighted by molar-refractivity contribution is -0.131. The minimum absolute atomic E-state index is 0.189. The minimum atomic E-state index is -2.97. The van der Waals surface area contributed by atoms with Gasteiger partial charge >= 0.3 is 6.03 Å². The lowest BCUT2D eigenvalue weighted by atomic mass is 10.3. The van der Waals surface area contributed by atoms with Crippen LogP contribution in [0.1, 0.15) is 0 Å². The predicted molar refractivity (Wildman–Crippen MR) is 50.1 cm³/mol. The molecule has 1 aliphatic heterocycles. The number of nitrogens with zero attached hydrogens (tertiary/aromatic N) is 1. The van der Waals surface area contributed by atoms with E-state index in [9.17, 15) is 23.2 Å². The molecule has 1 heterocycles. The number of rotatable bonds is 5. The van der Waals surface area contributed by atoms with Crippen LogP contribution in [-0.4, -0.2) is 60.0 Å². The van der Waals surface area contributed by atoms with Gasteiger partial charge in [0, 0.05) is 6.54 Å². The SMILES string of the molecule is O=C(CN1C(=O)CNC1=O)NCC(O)C(F)F. The van der Waals surface area contributed by atoms with Crippen molar-refractivity contribution in [2.24, 2.45) is 0 Å². The first kappa shape index (κ1) is 13.3. The molecular formula is C8H11F2N3O4. The highest BCUT2D eigenvalue weighted by Gasteiger charge is 2.30. The quantitative estimate of drug-likeness (QED) is 0.506. The number of urea groups is 1. The van der Waals surface area contributed by atoms with Gasteiger partial charge in [-0.05, 0) is 0 Å². The van der Waals surface area contributed by atoms with Gasteiger partial charge in [-0.1, -0.05) is 0 Å². The number of aliphatic hydroxyl groups is 1. The maximum Gasteiger partial charge on any atom is 0.325 e. The van der Waals surface area contributed by atoms with E-state index in [4.69, 9.17) is 5.11 Å². The van der Waals surface area contributed by atoms with Crippen LogP contribution in [0.2, 0.25) is 0 Å². The van der Waals surface area contributed by atoms with Gasteiger partial charge in [0.25, 0.3) is 12.3 Å². The van der Waals surface area contributed by atoms with Crippen molar-refractivity contribution >= 4 is 17.8 Å². The molecular weight excluding hydrogens is 240 g/mol. The Morgan fingerprint density at radius 3 is 2.65 bits per heavy atom. The summed E-state index contributed by atoms with van der Waals surface area (Å²) in [4.78, 5) is 33.9. The fraction of sp³-hybridized carbons (Fsp3) is 0.625. The average molecular weight is 251 g/mol. The Morgan fingerprint density at radius 1 is 1.53 bits per heavy atom. The second kappa shape index (κ2) is 5.53. The van der Waals surface area contributed by atoms with E-state index in [-0.39, 0.29) is 6.54 Å². The fourth-order valence-electron chi connectivity index (χ4n) is 1.12. The topological polar surface area (TPSA) is 98.7 Å². The Hall–Kier alpha value is -1.77. The van der Waals surface area contributed by atoms with E-state index >= 15 is 0 Å². The monoisotopic (exact) mass is 251 g/mol. The molecule has 1 aliphatic rings. The highest BCUT2D eigenvalue weighted by Crippen LogP contribution is 2.00. The number of hydrogen-bond donors (Lipinski definition) is 3. The summed E-state index contributed by atoms with van der Waals surface area (Å²) in [5.41, 5.74) is 0. The zero-order valence-corrected chi connectivity index (χ0v) is 8.65. The third-order valence-corrected chi connectivity index (χ3v) is 2.04. The summed E-state index contributed by atoms with van der Waals surface area (Å²) in [6.07, 6.45) is -4.94. The lowest BCUT2D eigenvalue weighted by Crippen LogP contribution is -2.43. The molecule has 1 fully saturated rings. The van der Waals surface area contributed by atoms with E-state index in [0.717, 1.165) is 0 Å². The van der Waals surface area contributed by atoms with Gasteiger partial charge in [-0.2, -0.15) is 0 Å². The molecule has 0 radical (unpaired) electrons. The molecule has 7 nitrogen and oxygen atoms in total. The number of aliphatic hydroxyl groups excluding tert-OH is 1. The second-order valence-corrected chi connectivity index (χ2v) is 3.34. The number of amides is 4. The van der Waals surface area contributed by atoms with Crippen LogP contribution >= 0.6 is 0 Å². The van der Waals surface area contributed by atoms with Gasteiger partial charge in [-0.15, -0.1) is 0 Å². The van der Waals surface area contributed by atoms with Gasteiger partial charge in [-0.25, -0.2) is 13.6 Å². The number of alkyl halides is 2. The van der Waals surface area contributed by atoms with Crippen LogP contribution in [-0.2, 0) is 9.59 Å². The van der Waals surface area contributed by atoms with Crippen molar-refractivity contribution < 1.29 is 28.3 Å². The summed E-state index contributed by atoms with van der Waals surface area (Å²) in [7, 11) is 0. The van der Waals surface area contributed by atoms with Gasteiger partial charge in [-0.3, -0.25) is 14.5 Å². The summed E-state index contributed by atoms with van der Waals surface area (Å²) in [5, 5.41) is 12.9. The van der Waals surface area contributed by atoms with E-state index in [1.807, 2.05) is 5.32 Å². The molecule has 0 spiro atoms. The van der Waals surface area contributed by atoms with Gasteiger partial charge in [0.15, 0.2) is 0 Å². The normalized spacial score (nSPS) is 17.3. The van der Waals surface area contributed by atoms with E-state index < -0.39 is 43.5 Å². The van der Waals surface area contributed by atoms with Gasteiger partial charge < -0.3 is 15.7 Å². The van der Waals surface area contributed by atoms with Crippen LogP contribution in [0.15, 0.2) is 0 Å². The van der Waals surface area contributed by atoms with Crippen molar-refractivity contribution in [1.29, 1.82) is 0 Å². The second-order valence-electron chi connectivity index (χ2n) is 3.34. The molecule has 0 aromatic heterocycles. The smallest absolute Gasteiger partial charge is 0.325 e. The van der Waals surface area contributed by atoms with Crippen LogP contribution in [0.5, 0.6) is 0 Å². The Morgan fingerprint density at radius 2 is 2.18 bits per heavy atom. The number of halogens is 2. The standard InChI is InChI=1S/C8H11F2N3O4/c9-7(10)4(14)1-11-5(15)3-13-6(16)2-12-8(13)17/h4,7,14H,1-3H2,(H,11,15)(H,12,17). The van der Waals surface area contributed by atoms with E-state index in [2.05, 4.69) is 5.32 Å². The van der Waals surface area contributed by atoms with Crippen molar-refractivity contribution in [2.75, 3.05) is 19.6 Å². The molecule has 0 aliphatic carbocycles. The third-order valence-electron chi connectivity index (χ3n) is 2.04. The molecule has 0 aromatic rings. The Balaban J connectivity index is 2.35. The Labute approximate surface area is 94.8 Å². The molecule has 17 heavy (non-hydrogen) atoms. The molecule has 0 saturated carbocycles. The van der Waals surface area contributed by atoms with Crippen LogP contribution in [0.25, 0.3) is 0 Å². The van der Waals surface area contributed by atoms with Crippen LogP contribution < -0.4 is 10.6 Å². The highest BCUT2D eigenvalue weighted by molar-refractivity contribution is 6.04. The molecule has 0 aromatic carbocycles. The number of carbonyl (C=O) groups is 3. The first-order valence-corrected chi connectivity index (χ1v) is 4.73. The zero-order chi connectivity index (χ0) is 13.0. The maximum absolute atomic E-state index is 11.9. The summed E-state index contributed by atoms with van der Waals surface area (Å²) < 4.78 is 23.8. The van der Waals surface area contributed by atoms with Crippen LogP contribution in [0, 0.1) is 0 Å². The summed E-state index contributed by atoms with van der Waals surface area (Å²) in [6, 6.07) is -0.709. The molecule has 0 bridgehead atoms. The van der Waals surface area contributed by atoms with Crippen LogP contribution in [0.3, 0.4) is 0 Å². The molecule has 96 valence electrons. The minimum Gasteiger partial charge on any atom is -0.385 e. The van der Waals surface area contributed by atoms with Gasteiger partial charge in [0.2, 0.25) is 5.91 Å². The van der Waals surface area contributed by atoms with Gasteiger partial charge in [0.05, 0.1) is 6.54 Å². The van der Waals surface area contributed by atoms with E-state index in [1.54, 1.807) is 0 Å². The molecule has 1 unspecified atom stereocenters. The van der Waals surface area contributed by atoms with Crippen molar-refractivity contribution in [3.8, 4) is 0 Å². The van der Waals surface area contributed by atoms with Crippen molar-refractivity contribution in [3.63, 3.8) is 0 Å². The van der Waals surface area contributed by atoms with Crippen LogP contribution in [0.4, 0.5) is 13.6 Å². The zero-order valence-electron chi connectivity index (χ0n) is 8.65. The molecule has 4 amide bonds. The molecule has 9 heteroatoms. The first-order valence-electron chi connectivity index (χ1n) is 4.73. The van der Waals surface area contributed by atoms with E-state index in [1.165, 1.54) is 0 Å². The highest BCUT2D eigenvalue weighted by atomic mass is 19.3. The van der Waals surface area contributed by atoms with Gasteiger partial charge in [0.1, 0.15) is 12.6 Å². The number of carbonyl (C=O) groups excluding carboxylic acids is 3. The maximum atomic E-state index is 11.9. The average Bonchev–Trinajstić information content (AvgIpc) is 2.57. The number of imide groups is 1. The summed E-state index contributed by atoms with van der Waals surface area (Å²) >= 11 is 0. The molecule has 1 saturated heterocycles. The molecule has 1 atom stereocenters. The largest absolute Gasteiger partial charge is 0.385 e. The van der Waals surface area contributed by atoms with E-state index in [0.29, 0.717) is 4.90 Å². The summed E-state index contributed by atoms with van der Waals surface area (Å²) in [5.74, 6) is -1.37. The first-order chi connectivity index (χ1) is 7.91. The third kappa shape index (κ3) is 3.63. The lowest BCUT2D eigenvalue weighted by Gasteiger charge is -2.14. The molecule has 3 N–H and O–H groups in total. The Kier molecular flexibility index (Phi) is 4.32. The van der Waals surface area contributed by atoms with Crippen molar-refractivity contribution in [3.05, 3.63) is 0 Å². The fourth-order valence-corrected chi connectivity index (χ4v) is 1.12. The van der Waals surface area contributed by atoms with Crippen molar-refractivity contribution in [2.45, 2.75) is 12.5 Å². The Bertz CT molecular complexity index is 321. The van der Waals surface area contributed by atoms with Crippen molar-refractivity contribution in [1.82, 2.24) is 15.5 Å². The predicted octanol–water partition coefficient (Wildman–Crippen LogP) is -1.72.